The van der Waals surface area contributed by atoms with Crippen LogP contribution in [0.1, 0.15) is 69.1 Å². The van der Waals surface area contributed by atoms with Gasteiger partial charge >= 0.3 is 0 Å². The zero-order valence-corrected chi connectivity index (χ0v) is 17.5. The summed E-state index contributed by atoms with van der Waals surface area (Å²) in [6, 6.07) is 14.8. The maximum Gasteiger partial charge on any atom is 0.287 e. The Morgan fingerprint density at radius 1 is 0.929 bits per heavy atom. The van der Waals surface area contributed by atoms with Crippen LogP contribution in [0.15, 0.2) is 46.9 Å². The van der Waals surface area contributed by atoms with Crippen molar-refractivity contribution in [2.75, 3.05) is 6.54 Å². The topological polar surface area (TPSA) is 42.2 Å². The van der Waals surface area contributed by atoms with Crippen molar-refractivity contribution >= 4 is 16.7 Å². The highest BCUT2D eigenvalue weighted by atomic mass is 16.3. The van der Waals surface area contributed by atoms with Gasteiger partial charge < -0.3 is 9.73 Å². The van der Waals surface area contributed by atoms with Crippen LogP contribution in [0.5, 0.6) is 0 Å². The van der Waals surface area contributed by atoms with E-state index in [1.165, 1.54) is 34.7 Å². The van der Waals surface area contributed by atoms with Gasteiger partial charge in [0, 0.05) is 12.1 Å². The average Bonchev–Trinajstić information content (AvgIpc) is 3.15. The van der Waals surface area contributed by atoms with Crippen molar-refractivity contribution in [1.29, 1.82) is 0 Å². The van der Waals surface area contributed by atoms with E-state index < -0.39 is 0 Å². The lowest BCUT2D eigenvalue weighted by molar-refractivity contribution is 0.0929. The van der Waals surface area contributed by atoms with Gasteiger partial charge in [0.25, 0.3) is 5.91 Å². The molecule has 2 aromatic carbocycles. The molecular formula is C25H29NO2. The van der Waals surface area contributed by atoms with Gasteiger partial charge in [0.2, 0.25) is 0 Å². The molecular weight excluding hydrogens is 346 g/mol. The zero-order valence-electron chi connectivity index (χ0n) is 17.5. The van der Waals surface area contributed by atoms with Crippen molar-refractivity contribution in [3.8, 4) is 11.3 Å². The molecule has 0 saturated heterocycles. The first-order valence-electron chi connectivity index (χ1n) is 10.2. The van der Waals surface area contributed by atoms with Crippen molar-refractivity contribution in [2.45, 2.75) is 58.3 Å². The van der Waals surface area contributed by atoms with E-state index in [-0.39, 0.29) is 16.7 Å². The molecule has 3 heteroatoms. The lowest BCUT2D eigenvalue weighted by Gasteiger charge is -2.42. The molecule has 3 aromatic rings. The fourth-order valence-electron chi connectivity index (χ4n) is 4.33. The molecule has 0 spiro atoms. The minimum atomic E-state index is -0.174. The Kier molecular flexibility index (Phi) is 4.37. The Morgan fingerprint density at radius 3 is 2.21 bits per heavy atom. The molecule has 28 heavy (non-hydrogen) atoms. The molecule has 0 bridgehead atoms. The van der Waals surface area contributed by atoms with Crippen molar-refractivity contribution < 1.29 is 9.21 Å². The van der Waals surface area contributed by atoms with Crippen LogP contribution in [0.25, 0.3) is 22.1 Å². The highest BCUT2D eigenvalue weighted by molar-refractivity contribution is 5.93. The lowest BCUT2D eigenvalue weighted by Crippen LogP contribution is -2.33. The predicted octanol–water partition coefficient (Wildman–Crippen LogP) is 6.20. The molecule has 0 saturated carbocycles. The molecule has 0 radical (unpaired) electrons. The molecule has 1 amide bonds. The molecule has 3 nitrogen and oxygen atoms in total. The highest BCUT2D eigenvalue weighted by Crippen LogP contribution is 2.47. The number of nitrogens with one attached hydrogen (secondary N) is 1. The van der Waals surface area contributed by atoms with E-state index in [1.54, 1.807) is 6.07 Å². The van der Waals surface area contributed by atoms with Crippen molar-refractivity contribution in [2.24, 2.45) is 0 Å². The SMILES string of the molecule is CCNC(=O)c1ccc(-c2ccc3cc4c(cc3c2)C(C)(C)CCC4(C)C)o1. The summed E-state index contributed by atoms with van der Waals surface area (Å²) in [6.45, 7) is 11.9. The number of fused-ring (bicyclic) bond motifs is 2. The Labute approximate surface area is 167 Å². The van der Waals surface area contributed by atoms with Gasteiger partial charge in [-0.05, 0) is 70.7 Å². The van der Waals surface area contributed by atoms with E-state index >= 15 is 0 Å². The smallest absolute Gasteiger partial charge is 0.287 e. The first-order valence-corrected chi connectivity index (χ1v) is 10.2. The summed E-state index contributed by atoms with van der Waals surface area (Å²) in [4.78, 5) is 12.0. The van der Waals surface area contributed by atoms with Crippen molar-refractivity contribution in [1.82, 2.24) is 5.32 Å². The Balaban J connectivity index is 1.79. The average molecular weight is 376 g/mol. The number of hydrogen-bond acceptors (Lipinski definition) is 2. The van der Waals surface area contributed by atoms with Gasteiger partial charge in [-0.2, -0.15) is 0 Å². The second-order valence-electron chi connectivity index (χ2n) is 9.25. The third kappa shape index (κ3) is 3.13. The lowest BCUT2D eigenvalue weighted by atomic mass is 9.63. The molecule has 1 aliphatic carbocycles. The fraction of sp³-hybridized carbons (Fsp3) is 0.400. The minimum absolute atomic E-state index is 0.174. The van der Waals surface area contributed by atoms with Crippen molar-refractivity contribution in [3.63, 3.8) is 0 Å². The first-order chi connectivity index (χ1) is 13.2. The number of carbonyl (C=O) groups excluding carboxylic acids is 1. The fourth-order valence-corrected chi connectivity index (χ4v) is 4.33. The second kappa shape index (κ2) is 6.51. The maximum absolute atomic E-state index is 12.0. The third-order valence-electron chi connectivity index (χ3n) is 6.26. The Morgan fingerprint density at radius 2 is 1.57 bits per heavy atom. The quantitative estimate of drug-likeness (QED) is 0.592. The van der Waals surface area contributed by atoms with Crippen LogP contribution in [0.2, 0.25) is 0 Å². The molecule has 1 aliphatic rings. The number of benzene rings is 2. The molecule has 1 N–H and O–H groups in total. The molecule has 0 fully saturated rings. The number of hydrogen-bond donors (Lipinski definition) is 1. The summed E-state index contributed by atoms with van der Waals surface area (Å²) >= 11 is 0. The van der Waals surface area contributed by atoms with E-state index in [2.05, 4.69) is 63.3 Å². The van der Waals surface area contributed by atoms with Gasteiger partial charge in [0.15, 0.2) is 5.76 Å². The largest absolute Gasteiger partial charge is 0.451 e. The van der Waals surface area contributed by atoms with Crippen LogP contribution < -0.4 is 5.32 Å². The Bertz CT molecular complexity index is 1060. The molecule has 1 heterocycles. The van der Waals surface area contributed by atoms with Crippen LogP contribution in [0.4, 0.5) is 0 Å². The molecule has 1 aromatic heterocycles. The molecule has 146 valence electrons. The predicted molar refractivity (Wildman–Crippen MR) is 115 cm³/mol. The summed E-state index contributed by atoms with van der Waals surface area (Å²) in [5.74, 6) is 0.901. The van der Waals surface area contributed by atoms with E-state index in [1.807, 2.05) is 13.0 Å². The minimum Gasteiger partial charge on any atom is -0.451 e. The van der Waals surface area contributed by atoms with Gasteiger partial charge in [0.05, 0.1) is 0 Å². The third-order valence-corrected chi connectivity index (χ3v) is 6.26. The van der Waals surface area contributed by atoms with Gasteiger partial charge in [-0.25, -0.2) is 0 Å². The number of carbonyl (C=O) groups is 1. The normalized spacial score (nSPS) is 17.3. The van der Waals surface area contributed by atoms with Crippen LogP contribution in [-0.2, 0) is 10.8 Å². The monoisotopic (exact) mass is 375 g/mol. The number of rotatable bonds is 3. The first kappa shape index (κ1) is 18.8. The highest BCUT2D eigenvalue weighted by Gasteiger charge is 2.37. The standard InChI is InChI=1S/C25H29NO2/c1-6-26-23(27)22-10-9-21(28-22)17-8-7-16-14-19-20(15-18(16)13-17)25(4,5)12-11-24(19,2)3/h7-10,13-15H,6,11-12H2,1-5H3,(H,26,27). The van der Waals surface area contributed by atoms with E-state index in [9.17, 15) is 4.79 Å². The van der Waals surface area contributed by atoms with E-state index in [0.29, 0.717) is 12.3 Å². The zero-order chi connectivity index (χ0) is 20.1. The summed E-state index contributed by atoms with van der Waals surface area (Å²) in [5.41, 5.74) is 4.32. The molecule has 0 unspecified atom stereocenters. The van der Waals surface area contributed by atoms with Gasteiger partial charge in [-0.15, -0.1) is 0 Å². The maximum atomic E-state index is 12.0. The van der Waals surface area contributed by atoms with Gasteiger partial charge in [-0.1, -0.05) is 52.0 Å². The van der Waals surface area contributed by atoms with E-state index in [0.717, 1.165) is 11.3 Å². The van der Waals surface area contributed by atoms with Gasteiger partial charge in [-0.3, -0.25) is 4.79 Å². The van der Waals surface area contributed by atoms with E-state index in [4.69, 9.17) is 4.42 Å². The molecule has 0 aliphatic heterocycles. The van der Waals surface area contributed by atoms with Crippen LogP contribution in [0.3, 0.4) is 0 Å². The number of furan rings is 1. The number of amides is 1. The van der Waals surface area contributed by atoms with Crippen LogP contribution in [0, 0.1) is 0 Å². The van der Waals surface area contributed by atoms with Crippen molar-refractivity contribution in [3.05, 3.63) is 59.4 Å². The summed E-state index contributed by atoms with van der Waals surface area (Å²) in [7, 11) is 0. The van der Waals surface area contributed by atoms with Gasteiger partial charge in [0.1, 0.15) is 5.76 Å². The van der Waals surface area contributed by atoms with Crippen LogP contribution in [-0.4, -0.2) is 12.5 Å². The Hall–Kier alpha value is -2.55. The summed E-state index contributed by atoms with van der Waals surface area (Å²) < 4.78 is 5.81. The molecule has 0 atom stereocenters. The summed E-state index contributed by atoms with van der Waals surface area (Å²) in [6.07, 6.45) is 2.41. The molecule has 4 rings (SSSR count). The summed E-state index contributed by atoms with van der Waals surface area (Å²) in [5, 5.41) is 5.25. The van der Waals surface area contributed by atoms with Crippen LogP contribution >= 0.6 is 0 Å². The second-order valence-corrected chi connectivity index (χ2v) is 9.25.